The molecular weight excluding hydrogens is 300 g/mol. The zero-order chi connectivity index (χ0) is 15.5. The molecule has 0 aromatic heterocycles. The van der Waals surface area contributed by atoms with Crippen molar-refractivity contribution in [3.05, 3.63) is 29.8 Å². The van der Waals surface area contributed by atoms with Crippen LogP contribution in [0.25, 0.3) is 0 Å². The van der Waals surface area contributed by atoms with Gasteiger partial charge in [0.2, 0.25) is 10.0 Å². The van der Waals surface area contributed by atoms with Crippen LogP contribution in [0.5, 0.6) is 0 Å². The van der Waals surface area contributed by atoms with Crippen LogP contribution >= 0.6 is 12.2 Å². The monoisotopic (exact) mass is 316 g/mol. The molecule has 1 aromatic carbocycles. The van der Waals surface area contributed by atoms with Gasteiger partial charge in [0.1, 0.15) is 4.99 Å². The molecule has 0 bridgehead atoms. The second-order valence-electron chi connectivity index (χ2n) is 4.09. The number of rotatable bonds is 5. The molecule has 0 saturated carbocycles. The van der Waals surface area contributed by atoms with Crippen molar-refractivity contribution in [3.63, 3.8) is 0 Å². The lowest BCUT2D eigenvalue weighted by Gasteiger charge is -2.22. The lowest BCUT2D eigenvalue weighted by Crippen LogP contribution is -2.39. The van der Waals surface area contributed by atoms with E-state index >= 15 is 0 Å². The van der Waals surface area contributed by atoms with Crippen molar-refractivity contribution < 1.29 is 17.9 Å². The van der Waals surface area contributed by atoms with Crippen molar-refractivity contribution in [2.45, 2.75) is 12.2 Å². The fourth-order valence-corrected chi connectivity index (χ4v) is 2.87. The van der Waals surface area contributed by atoms with E-state index in [1.807, 2.05) is 0 Å². The van der Waals surface area contributed by atoms with Gasteiger partial charge in [-0.15, -0.1) is 0 Å². The number of methoxy groups -OCH3 is 1. The molecule has 1 rings (SSSR count). The average Bonchev–Trinajstić information content (AvgIpc) is 2.44. The first-order valence-electron chi connectivity index (χ1n) is 5.67. The van der Waals surface area contributed by atoms with E-state index in [0.29, 0.717) is 11.3 Å². The summed E-state index contributed by atoms with van der Waals surface area (Å²) in [7, 11) is -1.33. The SMILES string of the molecule is COC(=O)C(C)S(=O)(=O)N(C)c1ccc(C(N)=S)cc1. The van der Waals surface area contributed by atoms with Gasteiger partial charge < -0.3 is 10.5 Å². The van der Waals surface area contributed by atoms with Crippen LogP contribution < -0.4 is 10.0 Å². The summed E-state index contributed by atoms with van der Waals surface area (Å²) in [6.07, 6.45) is 0. The number of thiocarbonyl (C=S) groups is 1. The quantitative estimate of drug-likeness (QED) is 0.633. The standard InChI is InChI=1S/C12H16N2O4S2/c1-8(12(15)18-3)20(16,17)14(2)10-6-4-9(5-7-10)11(13)19/h4-8H,1-3H3,(H2,13,19). The number of hydrogen-bond donors (Lipinski definition) is 1. The lowest BCUT2D eigenvalue weighted by atomic mass is 10.2. The molecule has 0 heterocycles. The van der Waals surface area contributed by atoms with E-state index in [9.17, 15) is 13.2 Å². The normalized spacial score (nSPS) is 12.6. The third kappa shape index (κ3) is 3.26. The Morgan fingerprint density at radius 3 is 2.25 bits per heavy atom. The van der Waals surface area contributed by atoms with Crippen LogP contribution in [0.2, 0.25) is 0 Å². The van der Waals surface area contributed by atoms with Crippen molar-refractivity contribution in [1.29, 1.82) is 0 Å². The molecule has 1 aromatic rings. The molecule has 0 amide bonds. The van der Waals surface area contributed by atoms with Crippen molar-refractivity contribution in [2.24, 2.45) is 5.73 Å². The highest BCUT2D eigenvalue weighted by Gasteiger charge is 2.32. The molecule has 0 saturated heterocycles. The van der Waals surface area contributed by atoms with Crippen molar-refractivity contribution in [2.75, 3.05) is 18.5 Å². The van der Waals surface area contributed by atoms with E-state index in [0.717, 1.165) is 11.4 Å². The molecule has 0 aliphatic rings. The predicted octanol–water partition coefficient (Wildman–Crippen LogP) is 0.648. The highest BCUT2D eigenvalue weighted by atomic mass is 32.2. The van der Waals surface area contributed by atoms with Crippen LogP contribution in [0.15, 0.2) is 24.3 Å². The Kier molecular flexibility index (Phi) is 5.07. The highest BCUT2D eigenvalue weighted by molar-refractivity contribution is 7.94. The number of ether oxygens (including phenoxy) is 1. The Morgan fingerprint density at radius 1 is 1.35 bits per heavy atom. The summed E-state index contributed by atoms with van der Waals surface area (Å²) in [4.78, 5) is 11.6. The second-order valence-corrected chi connectivity index (χ2v) is 6.81. The molecule has 20 heavy (non-hydrogen) atoms. The van der Waals surface area contributed by atoms with E-state index in [1.54, 1.807) is 24.3 Å². The van der Waals surface area contributed by atoms with Crippen molar-refractivity contribution >= 4 is 38.9 Å². The van der Waals surface area contributed by atoms with E-state index < -0.39 is 21.2 Å². The molecule has 0 radical (unpaired) electrons. The van der Waals surface area contributed by atoms with Gasteiger partial charge in [-0.05, 0) is 31.2 Å². The van der Waals surface area contributed by atoms with E-state index in [4.69, 9.17) is 18.0 Å². The minimum atomic E-state index is -3.84. The molecule has 1 unspecified atom stereocenters. The average molecular weight is 316 g/mol. The molecular formula is C12H16N2O4S2. The zero-order valence-electron chi connectivity index (χ0n) is 11.4. The van der Waals surface area contributed by atoms with E-state index in [2.05, 4.69) is 4.74 Å². The zero-order valence-corrected chi connectivity index (χ0v) is 13.0. The number of carbonyl (C=O) groups excluding carboxylic acids is 1. The number of nitrogens with zero attached hydrogens (tertiary/aromatic N) is 1. The van der Waals surface area contributed by atoms with Gasteiger partial charge in [0.05, 0.1) is 12.8 Å². The Bertz CT molecular complexity index is 611. The van der Waals surface area contributed by atoms with Gasteiger partial charge in [0, 0.05) is 12.6 Å². The summed E-state index contributed by atoms with van der Waals surface area (Å²) in [5, 5.41) is -1.28. The summed E-state index contributed by atoms with van der Waals surface area (Å²) in [6.45, 7) is 1.28. The molecule has 0 fully saturated rings. The Balaban J connectivity index is 3.07. The van der Waals surface area contributed by atoms with Gasteiger partial charge in [0.25, 0.3) is 0 Å². The third-order valence-electron chi connectivity index (χ3n) is 2.88. The lowest BCUT2D eigenvalue weighted by molar-refractivity contribution is -0.139. The topological polar surface area (TPSA) is 89.7 Å². The Morgan fingerprint density at radius 2 is 1.85 bits per heavy atom. The molecule has 0 aliphatic carbocycles. The molecule has 8 heteroatoms. The number of carbonyl (C=O) groups is 1. The number of benzene rings is 1. The van der Waals surface area contributed by atoms with Gasteiger partial charge >= 0.3 is 5.97 Å². The van der Waals surface area contributed by atoms with Crippen molar-refractivity contribution in [1.82, 2.24) is 0 Å². The van der Waals surface area contributed by atoms with Gasteiger partial charge in [-0.3, -0.25) is 9.10 Å². The molecule has 6 nitrogen and oxygen atoms in total. The maximum absolute atomic E-state index is 12.2. The predicted molar refractivity (Wildman–Crippen MR) is 81.1 cm³/mol. The fraction of sp³-hybridized carbons (Fsp3) is 0.333. The van der Waals surface area contributed by atoms with Crippen LogP contribution in [0, 0.1) is 0 Å². The number of esters is 1. The maximum atomic E-state index is 12.2. The highest BCUT2D eigenvalue weighted by Crippen LogP contribution is 2.20. The van der Waals surface area contributed by atoms with Crippen LogP contribution in [0.3, 0.4) is 0 Å². The van der Waals surface area contributed by atoms with Crippen LogP contribution in [-0.2, 0) is 19.6 Å². The molecule has 1 atom stereocenters. The first-order valence-corrected chi connectivity index (χ1v) is 7.58. The van der Waals surface area contributed by atoms with Gasteiger partial charge in [-0.2, -0.15) is 0 Å². The molecule has 2 N–H and O–H groups in total. The third-order valence-corrected chi connectivity index (χ3v) is 5.17. The first kappa shape index (κ1) is 16.4. The van der Waals surface area contributed by atoms with Crippen LogP contribution in [0.1, 0.15) is 12.5 Å². The number of nitrogens with two attached hydrogens (primary N) is 1. The van der Waals surface area contributed by atoms with Gasteiger partial charge in [0.15, 0.2) is 5.25 Å². The van der Waals surface area contributed by atoms with Crippen molar-refractivity contribution in [3.8, 4) is 0 Å². The van der Waals surface area contributed by atoms with Crippen LogP contribution in [0.4, 0.5) is 5.69 Å². The Labute approximate surface area is 123 Å². The van der Waals surface area contributed by atoms with E-state index in [1.165, 1.54) is 14.0 Å². The minimum Gasteiger partial charge on any atom is -0.468 e. The summed E-state index contributed by atoms with van der Waals surface area (Å²) >= 11 is 4.82. The smallest absolute Gasteiger partial charge is 0.325 e. The largest absolute Gasteiger partial charge is 0.468 e. The second kappa shape index (κ2) is 6.19. The van der Waals surface area contributed by atoms with Gasteiger partial charge in [-0.25, -0.2) is 8.42 Å². The summed E-state index contributed by atoms with van der Waals surface area (Å²) in [5.41, 5.74) is 6.51. The summed E-state index contributed by atoms with van der Waals surface area (Å²) in [5.74, 6) is -0.809. The molecule has 110 valence electrons. The number of sulfonamides is 1. The van der Waals surface area contributed by atoms with Crippen LogP contribution in [-0.4, -0.2) is 38.8 Å². The summed E-state index contributed by atoms with van der Waals surface area (Å²) in [6, 6.07) is 6.37. The van der Waals surface area contributed by atoms with E-state index in [-0.39, 0.29) is 4.99 Å². The first-order chi connectivity index (χ1) is 9.21. The number of hydrogen-bond acceptors (Lipinski definition) is 5. The number of anilines is 1. The molecule has 0 spiro atoms. The molecule has 0 aliphatic heterocycles. The maximum Gasteiger partial charge on any atom is 0.325 e. The summed E-state index contributed by atoms with van der Waals surface area (Å²) < 4.78 is 29.9. The minimum absolute atomic E-state index is 0.227. The Hall–Kier alpha value is -1.67. The fourth-order valence-electron chi connectivity index (χ4n) is 1.51. The van der Waals surface area contributed by atoms with Gasteiger partial charge in [-0.1, -0.05) is 12.2 Å².